The Morgan fingerprint density at radius 2 is 2.19 bits per heavy atom. The maximum Gasteiger partial charge on any atom is 0.245 e. The summed E-state index contributed by atoms with van der Waals surface area (Å²) < 4.78 is 28.4. The molecule has 0 saturated heterocycles. The summed E-state index contributed by atoms with van der Waals surface area (Å²) in [5, 5.41) is 10.7. The Kier molecular flexibility index (Phi) is 3.56. The van der Waals surface area contributed by atoms with Crippen molar-refractivity contribution in [2.45, 2.75) is 18.0 Å². The zero-order valence-electron chi connectivity index (χ0n) is 11.2. The quantitative estimate of drug-likeness (QED) is 0.885. The highest BCUT2D eigenvalue weighted by atomic mass is 35.5. The number of hydrogen-bond acceptors (Lipinski definition) is 6. The van der Waals surface area contributed by atoms with Gasteiger partial charge in [-0.1, -0.05) is 11.6 Å². The predicted octanol–water partition coefficient (Wildman–Crippen LogP) is 0.573. The summed E-state index contributed by atoms with van der Waals surface area (Å²) in [5.41, 5.74) is 0. The summed E-state index contributed by atoms with van der Waals surface area (Å²) in [7, 11) is -1.99. The van der Waals surface area contributed by atoms with Gasteiger partial charge in [0, 0.05) is 26.3 Å². The van der Waals surface area contributed by atoms with Crippen LogP contribution in [-0.4, -0.2) is 46.1 Å². The first-order valence-corrected chi connectivity index (χ1v) is 8.04. The summed E-state index contributed by atoms with van der Waals surface area (Å²) >= 11 is 6.00. The van der Waals surface area contributed by atoms with Crippen molar-refractivity contribution in [3.8, 4) is 0 Å². The molecule has 0 unspecified atom stereocenters. The SMILES string of the molecule is CNc1ncc(S(=O)(=O)N2CCn3cnnc3C2)cc1Cl. The van der Waals surface area contributed by atoms with Crippen LogP contribution in [0.3, 0.4) is 0 Å². The monoisotopic (exact) mass is 328 g/mol. The van der Waals surface area contributed by atoms with Crippen molar-refractivity contribution in [1.82, 2.24) is 24.1 Å². The van der Waals surface area contributed by atoms with Crippen LogP contribution in [0.2, 0.25) is 5.02 Å². The molecule has 0 amide bonds. The van der Waals surface area contributed by atoms with E-state index in [9.17, 15) is 8.42 Å². The molecule has 3 rings (SSSR count). The third-order valence-corrected chi connectivity index (χ3v) is 5.39. The number of hydrogen-bond donors (Lipinski definition) is 1. The Morgan fingerprint density at radius 1 is 1.38 bits per heavy atom. The normalized spacial score (nSPS) is 15.7. The number of rotatable bonds is 3. The molecule has 0 spiro atoms. The van der Waals surface area contributed by atoms with Gasteiger partial charge in [0.1, 0.15) is 22.9 Å². The molecule has 0 aromatic carbocycles. The standard InChI is InChI=1S/C11H13ClN6O2S/c1-13-11-9(12)4-8(5-14-11)21(19,20)18-3-2-17-7-15-16-10(17)6-18/h4-5,7H,2-3,6H2,1H3,(H,13,14). The number of sulfonamides is 1. The Balaban J connectivity index is 1.93. The first kappa shape index (κ1) is 14.2. The summed E-state index contributed by atoms with van der Waals surface area (Å²) in [6.07, 6.45) is 2.89. The molecule has 1 aliphatic heterocycles. The van der Waals surface area contributed by atoms with Crippen LogP contribution in [0.15, 0.2) is 23.5 Å². The molecule has 10 heteroatoms. The Morgan fingerprint density at radius 3 is 2.90 bits per heavy atom. The third-order valence-electron chi connectivity index (χ3n) is 3.29. The zero-order valence-corrected chi connectivity index (χ0v) is 12.8. The minimum atomic E-state index is -3.65. The summed E-state index contributed by atoms with van der Waals surface area (Å²) in [6, 6.07) is 1.40. The minimum absolute atomic E-state index is 0.0689. The van der Waals surface area contributed by atoms with E-state index in [0.29, 0.717) is 24.7 Å². The molecule has 0 fully saturated rings. The molecule has 112 valence electrons. The van der Waals surface area contributed by atoms with Crippen LogP contribution >= 0.6 is 11.6 Å². The van der Waals surface area contributed by atoms with Crippen molar-refractivity contribution in [2.24, 2.45) is 0 Å². The van der Waals surface area contributed by atoms with E-state index in [1.807, 2.05) is 4.57 Å². The molecule has 8 nitrogen and oxygen atoms in total. The van der Waals surface area contributed by atoms with Gasteiger partial charge in [-0.25, -0.2) is 13.4 Å². The fourth-order valence-corrected chi connectivity index (χ4v) is 3.83. The molecule has 2 aromatic heterocycles. The number of nitrogens with one attached hydrogen (secondary N) is 1. The van der Waals surface area contributed by atoms with Crippen LogP contribution in [-0.2, 0) is 23.1 Å². The lowest BCUT2D eigenvalue weighted by molar-refractivity contribution is 0.335. The molecule has 2 aromatic rings. The van der Waals surface area contributed by atoms with Gasteiger partial charge in [-0.05, 0) is 6.07 Å². The van der Waals surface area contributed by atoms with Crippen molar-refractivity contribution in [3.05, 3.63) is 29.4 Å². The topological polar surface area (TPSA) is 93.0 Å². The van der Waals surface area contributed by atoms with Crippen LogP contribution in [0.1, 0.15) is 5.82 Å². The maximum atomic E-state index is 12.6. The number of aromatic nitrogens is 4. The molecule has 0 atom stereocenters. The van der Waals surface area contributed by atoms with Crippen LogP contribution in [0.5, 0.6) is 0 Å². The Hall–Kier alpha value is -1.71. The van der Waals surface area contributed by atoms with Gasteiger partial charge in [0.05, 0.1) is 11.6 Å². The van der Waals surface area contributed by atoms with Crippen molar-refractivity contribution in [3.63, 3.8) is 0 Å². The van der Waals surface area contributed by atoms with E-state index in [-0.39, 0.29) is 16.5 Å². The highest BCUT2D eigenvalue weighted by Gasteiger charge is 2.30. The van der Waals surface area contributed by atoms with Crippen LogP contribution < -0.4 is 5.32 Å². The third kappa shape index (κ3) is 2.47. The molecular formula is C11H13ClN6O2S. The van der Waals surface area contributed by atoms with E-state index in [0.717, 1.165) is 0 Å². The number of anilines is 1. The van der Waals surface area contributed by atoms with Crippen LogP contribution in [0, 0.1) is 0 Å². The summed E-state index contributed by atoms with van der Waals surface area (Å²) in [5.74, 6) is 1.06. The number of fused-ring (bicyclic) bond motifs is 1. The Bertz CT molecular complexity index is 775. The zero-order chi connectivity index (χ0) is 15.0. The van der Waals surface area contributed by atoms with Gasteiger partial charge in [-0.15, -0.1) is 10.2 Å². The first-order chi connectivity index (χ1) is 10.0. The number of nitrogens with zero attached hydrogens (tertiary/aromatic N) is 5. The molecule has 1 aliphatic rings. The second-order valence-corrected chi connectivity index (χ2v) is 6.88. The lowest BCUT2D eigenvalue weighted by Crippen LogP contribution is -2.38. The van der Waals surface area contributed by atoms with Crippen molar-refractivity contribution >= 4 is 27.4 Å². The highest BCUT2D eigenvalue weighted by molar-refractivity contribution is 7.89. The molecule has 0 radical (unpaired) electrons. The van der Waals surface area contributed by atoms with Crippen molar-refractivity contribution < 1.29 is 8.42 Å². The van der Waals surface area contributed by atoms with Crippen LogP contribution in [0.25, 0.3) is 0 Å². The lowest BCUT2D eigenvalue weighted by Gasteiger charge is -2.26. The van der Waals surface area contributed by atoms with Crippen molar-refractivity contribution in [1.29, 1.82) is 0 Å². The number of pyridine rings is 1. The largest absolute Gasteiger partial charge is 0.372 e. The highest BCUT2D eigenvalue weighted by Crippen LogP contribution is 2.25. The molecular weight excluding hydrogens is 316 g/mol. The second kappa shape index (κ2) is 5.24. The average molecular weight is 329 g/mol. The summed E-state index contributed by atoms with van der Waals surface area (Å²) in [4.78, 5) is 4.08. The second-order valence-electron chi connectivity index (χ2n) is 4.53. The van der Waals surface area contributed by atoms with Gasteiger partial charge < -0.3 is 9.88 Å². The lowest BCUT2D eigenvalue weighted by atomic mass is 10.4. The predicted molar refractivity (Wildman–Crippen MR) is 76.4 cm³/mol. The van der Waals surface area contributed by atoms with Crippen molar-refractivity contribution in [2.75, 3.05) is 18.9 Å². The minimum Gasteiger partial charge on any atom is -0.372 e. The number of halogens is 1. The first-order valence-electron chi connectivity index (χ1n) is 6.22. The molecule has 0 bridgehead atoms. The molecule has 21 heavy (non-hydrogen) atoms. The fourth-order valence-electron chi connectivity index (χ4n) is 2.14. The molecule has 0 saturated carbocycles. The smallest absolute Gasteiger partial charge is 0.245 e. The molecule has 3 heterocycles. The van der Waals surface area contributed by atoms with Crippen LogP contribution in [0.4, 0.5) is 5.82 Å². The van der Waals surface area contributed by atoms with Gasteiger partial charge in [-0.3, -0.25) is 0 Å². The van der Waals surface area contributed by atoms with Gasteiger partial charge >= 0.3 is 0 Å². The average Bonchev–Trinajstić information content (AvgIpc) is 2.94. The van der Waals surface area contributed by atoms with E-state index in [1.165, 1.54) is 16.6 Å². The van der Waals surface area contributed by atoms with E-state index in [2.05, 4.69) is 20.5 Å². The van der Waals surface area contributed by atoms with E-state index in [4.69, 9.17) is 11.6 Å². The molecule has 0 aliphatic carbocycles. The van der Waals surface area contributed by atoms with Gasteiger partial charge in [0.25, 0.3) is 0 Å². The van der Waals surface area contributed by atoms with E-state index in [1.54, 1.807) is 13.4 Å². The van der Waals surface area contributed by atoms with E-state index < -0.39 is 10.0 Å². The van der Waals surface area contributed by atoms with Gasteiger partial charge in [0.15, 0.2) is 0 Å². The van der Waals surface area contributed by atoms with Gasteiger partial charge in [-0.2, -0.15) is 4.31 Å². The Labute approximate surface area is 126 Å². The van der Waals surface area contributed by atoms with E-state index >= 15 is 0 Å². The fraction of sp³-hybridized carbons (Fsp3) is 0.364. The summed E-state index contributed by atoms with van der Waals surface area (Å²) in [6.45, 7) is 1.07. The van der Waals surface area contributed by atoms with Gasteiger partial charge in [0.2, 0.25) is 10.0 Å². The molecule has 1 N–H and O–H groups in total. The maximum absolute atomic E-state index is 12.6.